The third kappa shape index (κ3) is 6.74. The van der Waals surface area contributed by atoms with Gasteiger partial charge in [0.15, 0.2) is 0 Å². The number of hydrogen-bond acceptors (Lipinski definition) is 4. The van der Waals surface area contributed by atoms with Crippen molar-refractivity contribution in [2.45, 2.75) is 20.5 Å². The van der Waals surface area contributed by atoms with E-state index in [1.54, 1.807) is 42.5 Å². The van der Waals surface area contributed by atoms with Crippen molar-refractivity contribution < 1.29 is 23.0 Å². The fourth-order valence-electron chi connectivity index (χ4n) is 2.82. The summed E-state index contributed by atoms with van der Waals surface area (Å²) in [6.07, 6.45) is 3.54. The van der Waals surface area contributed by atoms with Crippen molar-refractivity contribution >= 4 is 12.0 Å². The van der Waals surface area contributed by atoms with Gasteiger partial charge in [0.2, 0.25) is 5.88 Å². The van der Waals surface area contributed by atoms with Gasteiger partial charge in [-0.2, -0.15) is 0 Å². The molecule has 6 heteroatoms. The molecule has 1 unspecified atom stereocenters. The lowest BCUT2D eigenvalue weighted by molar-refractivity contribution is -0.149. The topological polar surface area (TPSA) is 48.4 Å². The number of pyridine rings is 1. The predicted molar refractivity (Wildman–Crippen MR) is 114 cm³/mol. The van der Waals surface area contributed by atoms with Crippen LogP contribution in [-0.4, -0.2) is 11.0 Å². The lowest BCUT2D eigenvalue weighted by atomic mass is 9.95. The van der Waals surface area contributed by atoms with E-state index >= 15 is 0 Å². The first kappa shape index (κ1) is 22.2. The van der Waals surface area contributed by atoms with Crippen molar-refractivity contribution in [3.05, 3.63) is 95.7 Å². The summed E-state index contributed by atoms with van der Waals surface area (Å²) in [5.41, 5.74) is 1.32. The van der Waals surface area contributed by atoms with E-state index in [1.165, 1.54) is 36.4 Å². The minimum Gasteiger partial charge on any atom is -0.459 e. The summed E-state index contributed by atoms with van der Waals surface area (Å²) in [7, 11) is 0. The summed E-state index contributed by atoms with van der Waals surface area (Å²) in [4.78, 5) is 16.9. The van der Waals surface area contributed by atoms with Crippen molar-refractivity contribution in [2.24, 2.45) is 11.8 Å². The Morgan fingerprint density at radius 1 is 0.968 bits per heavy atom. The summed E-state index contributed by atoms with van der Waals surface area (Å²) in [5, 5.41) is 0. The number of benzene rings is 2. The van der Waals surface area contributed by atoms with Gasteiger partial charge < -0.3 is 9.47 Å². The van der Waals surface area contributed by atoms with Gasteiger partial charge in [-0.05, 0) is 53.9 Å². The fourth-order valence-corrected chi connectivity index (χ4v) is 2.82. The number of carbonyl (C=O) groups is 1. The average Bonchev–Trinajstić information content (AvgIpc) is 2.75. The first-order valence-electron chi connectivity index (χ1n) is 9.90. The van der Waals surface area contributed by atoms with E-state index in [0.29, 0.717) is 17.3 Å². The van der Waals surface area contributed by atoms with E-state index in [0.717, 1.165) is 5.56 Å². The lowest BCUT2D eigenvalue weighted by Crippen LogP contribution is -2.21. The molecule has 0 saturated carbocycles. The molecule has 0 spiro atoms. The highest BCUT2D eigenvalue weighted by atomic mass is 19.1. The monoisotopic (exact) mass is 423 g/mol. The number of hydrogen-bond donors (Lipinski definition) is 0. The van der Waals surface area contributed by atoms with Gasteiger partial charge >= 0.3 is 5.97 Å². The number of carbonyl (C=O) groups excluding carboxylic acids is 1. The van der Waals surface area contributed by atoms with Crippen LogP contribution < -0.4 is 4.74 Å². The number of nitrogens with zero attached hydrogens (tertiary/aromatic N) is 1. The molecule has 4 nitrogen and oxygen atoms in total. The first-order chi connectivity index (χ1) is 14.9. The zero-order valence-electron chi connectivity index (χ0n) is 17.3. The first-order valence-corrected chi connectivity index (χ1v) is 9.90. The molecule has 0 radical (unpaired) electrons. The summed E-state index contributed by atoms with van der Waals surface area (Å²) in [6.45, 7) is 3.85. The standard InChI is InChI=1S/C25H23F2NO3/c1-17(2)23(15-8-18-6-9-19(26)10-7-18)25(29)30-16-21-4-3-5-24(28-21)31-22-13-11-20(27)12-14-22/h3-15,17,23H,16H2,1-2H3. The molecule has 1 heterocycles. The maximum Gasteiger partial charge on any atom is 0.313 e. The molecular weight excluding hydrogens is 400 g/mol. The number of esters is 1. The van der Waals surface area contributed by atoms with E-state index in [9.17, 15) is 13.6 Å². The Balaban J connectivity index is 1.61. The van der Waals surface area contributed by atoms with Crippen LogP contribution in [0.1, 0.15) is 25.1 Å². The molecule has 0 N–H and O–H groups in total. The van der Waals surface area contributed by atoms with Gasteiger partial charge in [-0.3, -0.25) is 4.79 Å². The van der Waals surface area contributed by atoms with Crippen LogP contribution in [0.3, 0.4) is 0 Å². The van der Waals surface area contributed by atoms with Crippen LogP contribution in [0.15, 0.2) is 72.8 Å². The van der Waals surface area contributed by atoms with Crippen LogP contribution >= 0.6 is 0 Å². The molecule has 3 aromatic rings. The Kier molecular flexibility index (Phi) is 7.49. The molecule has 31 heavy (non-hydrogen) atoms. The zero-order chi connectivity index (χ0) is 22.2. The zero-order valence-corrected chi connectivity index (χ0v) is 17.3. The van der Waals surface area contributed by atoms with Gasteiger partial charge in [0.05, 0.1) is 11.6 Å². The van der Waals surface area contributed by atoms with Gasteiger partial charge in [0, 0.05) is 6.07 Å². The van der Waals surface area contributed by atoms with Gasteiger partial charge in [-0.1, -0.05) is 44.2 Å². The molecule has 0 saturated heterocycles. The average molecular weight is 423 g/mol. The molecule has 0 aliphatic heterocycles. The number of halogens is 2. The van der Waals surface area contributed by atoms with Crippen LogP contribution in [0.4, 0.5) is 8.78 Å². The second-order valence-corrected chi connectivity index (χ2v) is 7.31. The van der Waals surface area contributed by atoms with E-state index in [-0.39, 0.29) is 30.1 Å². The molecule has 1 aromatic heterocycles. The Morgan fingerprint density at radius 3 is 2.26 bits per heavy atom. The normalized spacial score (nSPS) is 12.2. The van der Waals surface area contributed by atoms with Crippen LogP contribution in [0.2, 0.25) is 0 Å². The molecule has 2 aromatic carbocycles. The number of aromatic nitrogens is 1. The Bertz CT molecular complexity index is 1030. The maximum absolute atomic E-state index is 13.0. The van der Waals surface area contributed by atoms with Crippen molar-refractivity contribution in [3.8, 4) is 11.6 Å². The highest BCUT2D eigenvalue weighted by Crippen LogP contribution is 2.21. The maximum atomic E-state index is 13.0. The molecular formula is C25H23F2NO3. The second-order valence-electron chi connectivity index (χ2n) is 7.31. The quantitative estimate of drug-likeness (QED) is 0.406. The number of ether oxygens (including phenoxy) is 2. The van der Waals surface area contributed by atoms with Gasteiger partial charge in [0.1, 0.15) is 24.0 Å². The lowest BCUT2D eigenvalue weighted by Gasteiger charge is -2.16. The third-order valence-electron chi connectivity index (χ3n) is 4.54. The van der Waals surface area contributed by atoms with Gasteiger partial charge in [-0.25, -0.2) is 13.8 Å². The van der Waals surface area contributed by atoms with Crippen LogP contribution in [0.5, 0.6) is 11.6 Å². The van der Waals surface area contributed by atoms with Crippen LogP contribution in [0, 0.1) is 23.5 Å². The SMILES string of the molecule is CC(C)C(C=Cc1ccc(F)cc1)C(=O)OCc1cccc(Oc2ccc(F)cc2)n1. The predicted octanol–water partition coefficient (Wildman–Crippen LogP) is 6.18. The van der Waals surface area contributed by atoms with Crippen molar-refractivity contribution in [3.63, 3.8) is 0 Å². The Hall–Kier alpha value is -3.54. The molecule has 0 aliphatic rings. The summed E-state index contributed by atoms with van der Waals surface area (Å²) >= 11 is 0. The van der Waals surface area contributed by atoms with E-state index in [2.05, 4.69) is 4.98 Å². The van der Waals surface area contributed by atoms with Crippen LogP contribution in [-0.2, 0) is 16.1 Å². The molecule has 0 amide bonds. The van der Waals surface area contributed by atoms with E-state index in [4.69, 9.17) is 9.47 Å². The Morgan fingerprint density at radius 2 is 1.61 bits per heavy atom. The van der Waals surface area contributed by atoms with Crippen molar-refractivity contribution in [1.29, 1.82) is 0 Å². The summed E-state index contributed by atoms with van der Waals surface area (Å²) < 4.78 is 37.1. The minimum atomic E-state index is -0.455. The van der Waals surface area contributed by atoms with Gasteiger partial charge in [-0.15, -0.1) is 0 Å². The summed E-state index contributed by atoms with van der Waals surface area (Å²) in [5.74, 6) is -0.705. The van der Waals surface area contributed by atoms with Gasteiger partial charge in [0.25, 0.3) is 0 Å². The van der Waals surface area contributed by atoms with Crippen LogP contribution in [0.25, 0.3) is 6.08 Å². The minimum absolute atomic E-state index is 0.00689. The number of rotatable bonds is 8. The van der Waals surface area contributed by atoms with E-state index < -0.39 is 5.92 Å². The highest BCUT2D eigenvalue weighted by molar-refractivity contribution is 5.76. The van der Waals surface area contributed by atoms with Crippen molar-refractivity contribution in [2.75, 3.05) is 0 Å². The van der Waals surface area contributed by atoms with E-state index in [1.807, 2.05) is 13.8 Å². The fraction of sp³-hybridized carbons (Fsp3) is 0.200. The molecule has 0 aliphatic carbocycles. The second kappa shape index (κ2) is 10.5. The molecule has 0 bridgehead atoms. The summed E-state index contributed by atoms with van der Waals surface area (Å²) in [6, 6.07) is 16.8. The molecule has 1 atom stereocenters. The molecule has 3 rings (SSSR count). The third-order valence-corrected chi connectivity index (χ3v) is 4.54. The highest BCUT2D eigenvalue weighted by Gasteiger charge is 2.21. The largest absolute Gasteiger partial charge is 0.459 e. The molecule has 0 fully saturated rings. The molecule has 160 valence electrons. The smallest absolute Gasteiger partial charge is 0.313 e. The van der Waals surface area contributed by atoms with Crippen molar-refractivity contribution in [1.82, 2.24) is 4.98 Å². The Labute approximate surface area is 180 Å².